The Kier molecular flexibility index (Phi) is 17.5. The van der Waals surface area contributed by atoms with Crippen LogP contribution in [0, 0.1) is 0 Å². The SMILES string of the molecule is c1cncc(-n2c3cc4c(cc3c3c5ccccc5ccc32)Sc2ccccc2N4c2ccc3cc(N4c5ccccc5Sc5cc6c7c8ccccc8ccc7n(-c7cccnc7)c6cc54)ccc3c2)c1.c1cncc(-n2c3cc4c(cc3c3cc5ccccc5cc32)Oc2ccccc2N4c2cccc3c(N4c5ccccc5Oc5cc6c7cc8ccccc8cc7n(-c7cccnc7)c6cc54)cccc23)c1. The van der Waals surface area contributed by atoms with E-state index in [1.54, 1.807) is 0 Å². The van der Waals surface area contributed by atoms with Gasteiger partial charge in [-0.25, -0.2) is 0 Å². The van der Waals surface area contributed by atoms with E-state index in [1.807, 2.05) is 109 Å². The molecule has 0 radical (unpaired) electrons. The molecule has 0 bridgehead atoms. The molecule has 20 aromatic carbocycles. The average Bonchev–Trinajstić information content (AvgIpc) is 1.57. The lowest BCUT2D eigenvalue weighted by atomic mass is 10.0. The fourth-order valence-corrected chi connectivity index (χ4v) is 25.4. The minimum Gasteiger partial charge on any atom is -0.453 e. The van der Waals surface area contributed by atoms with Crippen molar-refractivity contribution in [2.75, 3.05) is 19.6 Å². The highest BCUT2D eigenvalue weighted by atomic mass is 32.2. The molecule has 144 heavy (non-hydrogen) atoms. The lowest BCUT2D eigenvalue weighted by Crippen LogP contribution is -2.17. The number of rotatable bonds is 8. The topological polar surface area (TPSA) is 103 Å². The summed E-state index contributed by atoms with van der Waals surface area (Å²) in [4.78, 5) is 32.9. The van der Waals surface area contributed by atoms with E-state index in [-0.39, 0.29) is 0 Å². The molecule has 28 aromatic rings. The Morgan fingerprint density at radius 1 is 0.167 bits per heavy atom. The van der Waals surface area contributed by atoms with Gasteiger partial charge in [0.1, 0.15) is 0 Å². The normalized spacial score (nSPS) is 13.0. The van der Waals surface area contributed by atoms with E-state index in [1.165, 1.54) is 117 Å². The number of anilines is 12. The van der Waals surface area contributed by atoms with Gasteiger partial charge in [0, 0.05) is 110 Å². The van der Waals surface area contributed by atoms with Gasteiger partial charge in [-0.05, 0) is 272 Å². The Balaban J connectivity index is 0.000000131. The van der Waals surface area contributed by atoms with E-state index < -0.39 is 0 Å². The van der Waals surface area contributed by atoms with Crippen LogP contribution in [0.2, 0.25) is 0 Å². The molecule has 4 aliphatic heterocycles. The first-order valence-electron chi connectivity index (χ1n) is 48.4. The van der Waals surface area contributed by atoms with E-state index in [0.29, 0.717) is 0 Å². The van der Waals surface area contributed by atoms with Gasteiger partial charge in [-0.3, -0.25) is 19.9 Å². The molecule has 0 unspecified atom stereocenters. The molecule has 32 rings (SSSR count). The maximum absolute atomic E-state index is 6.93. The second-order valence-corrected chi connectivity index (χ2v) is 39.5. The number of hydrogen-bond donors (Lipinski definition) is 0. The first kappa shape index (κ1) is 80.2. The van der Waals surface area contributed by atoms with Crippen molar-refractivity contribution >= 4 is 244 Å². The fourth-order valence-electron chi connectivity index (χ4n) is 23.3. The molecule has 0 amide bonds. The molecule has 0 saturated carbocycles. The van der Waals surface area contributed by atoms with Crippen molar-refractivity contribution in [1.29, 1.82) is 0 Å². The largest absolute Gasteiger partial charge is 0.453 e. The zero-order valence-electron chi connectivity index (χ0n) is 76.9. The number of hydrogen-bond acceptors (Lipinski definition) is 12. The number of aromatic nitrogens is 8. The number of benzene rings is 20. The van der Waals surface area contributed by atoms with Crippen LogP contribution < -0.4 is 29.1 Å². The van der Waals surface area contributed by atoms with Crippen LogP contribution in [-0.4, -0.2) is 38.2 Å². The summed E-state index contributed by atoms with van der Waals surface area (Å²) in [6.45, 7) is 0. The van der Waals surface area contributed by atoms with E-state index in [9.17, 15) is 0 Å². The number of nitrogens with zero attached hydrogens (tertiary/aromatic N) is 12. The molecule has 0 N–H and O–H groups in total. The molecule has 0 fully saturated rings. The second-order valence-electron chi connectivity index (χ2n) is 37.3. The van der Waals surface area contributed by atoms with Gasteiger partial charge in [-0.2, -0.15) is 0 Å². The van der Waals surface area contributed by atoms with Gasteiger partial charge < -0.3 is 47.3 Å². The average molecular weight is 1880 g/mol. The maximum Gasteiger partial charge on any atom is 0.152 e. The highest BCUT2D eigenvalue weighted by Crippen LogP contribution is 2.61. The van der Waals surface area contributed by atoms with Gasteiger partial charge in [0.15, 0.2) is 23.0 Å². The predicted molar refractivity (Wildman–Crippen MR) is 594 cm³/mol. The highest BCUT2D eigenvalue weighted by molar-refractivity contribution is 8.00. The summed E-state index contributed by atoms with van der Waals surface area (Å²) in [5.74, 6) is 3.14. The third-order valence-electron chi connectivity index (χ3n) is 29.5. The molecule has 0 aliphatic carbocycles. The van der Waals surface area contributed by atoms with E-state index in [4.69, 9.17) is 9.47 Å². The maximum atomic E-state index is 6.93. The first-order chi connectivity index (χ1) is 71.4. The minimum atomic E-state index is 0.782. The summed E-state index contributed by atoms with van der Waals surface area (Å²) in [7, 11) is 0. The van der Waals surface area contributed by atoms with Gasteiger partial charge in [0.25, 0.3) is 0 Å². The summed E-state index contributed by atoms with van der Waals surface area (Å²) < 4.78 is 23.3. The summed E-state index contributed by atoms with van der Waals surface area (Å²) in [6, 6.07) is 150. The zero-order chi connectivity index (χ0) is 94.0. The number of ether oxygens (including phenoxy) is 2. The van der Waals surface area contributed by atoms with Crippen LogP contribution in [0.25, 0.3) is 175 Å². The molecule has 4 aliphatic rings. The van der Waals surface area contributed by atoms with Gasteiger partial charge in [-0.15, -0.1) is 0 Å². The molecule has 16 heteroatoms. The van der Waals surface area contributed by atoms with Crippen molar-refractivity contribution in [2.45, 2.75) is 19.6 Å². The van der Waals surface area contributed by atoms with Crippen molar-refractivity contribution < 1.29 is 9.47 Å². The number of para-hydroxylation sites is 6. The lowest BCUT2D eigenvalue weighted by Gasteiger charge is -2.35. The quantitative estimate of drug-likeness (QED) is 0.145. The highest BCUT2D eigenvalue weighted by Gasteiger charge is 2.36. The van der Waals surface area contributed by atoms with Crippen molar-refractivity contribution in [3.8, 4) is 45.7 Å². The molecular weight excluding hydrogens is 1800 g/mol. The molecular formula is C128H76N12O2S2. The van der Waals surface area contributed by atoms with Crippen LogP contribution in [0.1, 0.15) is 0 Å². The van der Waals surface area contributed by atoms with E-state index >= 15 is 0 Å². The van der Waals surface area contributed by atoms with Gasteiger partial charge >= 0.3 is 0 Å². The summed E-state index contributed by atoms with van der Waals surface area (Å²) in [5.41, 5.74) is 25.7. The van der Waals surface area contributed by atoms with Crippen LogP contribution in [-0.2, 0) is 0 Å². The van der Waals surface area contributed by atoms with E-state index in [2.05, 4.69) is 434 Å². The Morgan fingerprint density at radius 2 is 0.486 bits per heavy atom. The predicted octanol–water partition coefficient (Wildman–Crippen LogP) is 35.3. The molecule has 12 heterocycles. The van der Waals surface area contributed by atoms with Crippen molar-refractivity contribution in [1.82, 2.24) is 38.2 Å². The van der Waals surface area contributed by atoms with Crippen LogP contribution >= 0.6 is 23.5 Å². The van der Waals surface area contributed by atoms with Crippen molar-refractivity contribution in [3.63, 3.8) is 0 Å². The summed E-state index contributed by atoms with van der Waals surface area (Å²) >= 11 is 3.70. The minimum absolute atomic E-state index is 0.782. The van der Waals surface area contributed by atoms with Crippen LogP contribution in [0.15, 0.2) is 482 Å². The number of pyridine rings is 4. The number of fused-ring (bicyclic) bond motifs is 28. The summed E-state index contributed by atoms with van der Waals surface area (Å²) in [5, 5.41) is 23.7. The molecule has 0 atom stereocenters. The van der Waals surface area contributed by atoms with Crippen LogP contribution in [0.4, 0.5) is 68.2 Å². The summed E-state index contributed by atoms with van der Waals surface area (Å²) in [6.07, 6.45) is 15.2. The van der Waals surface area contributed by atoms with Crippen molar-refractivity contribution in [2.24, 2.45) is 0 Å². The smallest absolute Gasteiger partial charge is 0.152 e. The zero-order valence-corrected chi connectivity index (χ0v) is 78.5. The second kappa shape index (κ2) is 31.4. The van der Waals surface area contributed by atoms with Gasteiger partial charge in [0.2, 0.25) is 0 Å². The Hall–Kier alpha value is -18.7. The van der Waals surface area contributed by atoms with E-state index in [0.717, 1.165) is 168 Å². The molecule has 0 spiro atoms. The Morgan fingerprint density at radius 3 is 0.903 bits per heavy atom. The third-order valence-corrected chi connectivity index (χ3v) is 31.7. The Labute approximate surface area is 832 Å². The van der Waals surface area contributed by atoms with Crippen LogP contribution in [0.3, 0.4) is 0 Å². The molecule has 0 saturated heterocycles. The van der Waals surface area contributed by atoms with Gasteiger partial charge in [-0.1, -0.05) is 218 Å². The van der Waals surface area contributed by atoms with Crippen molar-refractivity contribution in [3.05, 3.63) is 462 Å². The molecule has 8 aromatic heterocycles. The van der Waals surface area contributed by atoms with Crippen LogP contribution in [0.5, 0.6) is 23.0 Å². The lowest BCUT2D eigenvalue weighted by molar-refractivity contribution is 0.477. The molecule has 14 nitrogen and oxygen atoms in total. The monoisotopic (exact) mass is 1880 g/mol. The van der Waals surface area contributed by atoms with Gasteiger partial charge in [0.05, 0.1) is 149 Å². The Bertz CT molecular complexity index is 9790. The standard InChI is InChI=1S/C64H38N6O2.C64H38N6S2/c1-3-15-41-31-55-47(29-39(41)13-1)49-33-63-59(35-57(49)67(55)43-17-11-27-65-37-43)69(53-21-5-7-25-61(53)71-63)51-23-9-20-46-45(51)19-10-24-52(46)70-54-22-6-8-26-62(54)72-64-34-50-48-30-40-14-2-4-16-42(40)32-56(48)68(58(50)36-60(64)70)44-18-12-28-66-38-44;1-3-15-47-39(11-1)23-27-53-63(47)49-33-61-57(35-55(49)69(53)45-13-9-29-65-37-45)67(51-17-5-7-19-59(51)71-61)43-25-21-42-32-44(26-22-41(42)31-43)68-52-18-6-8-20-60(52)72-62-34-50-56(36-58(62)68)70(46-14-10-30-66-38-46)54-28-24-40-12-2-4-16-48(40)64(50)54/h2*1-38H. The third kappa shape index (κ3) is 12.2. The first-order valence-corrected chi connectivity index (χ1v) is 50.0. The molecule has 672 valence electrons. The fraction of sp³-hybridized carbons (Fsp3) is 0.